The van der Waals surface area contributed by atoms with E-state index in [-0.39, 0.29) is 33.0 Å². The highest BCUT2D eigenvalue weighted by Gasteiger charge is 2.51. The first-order chi connectivity index (χ1) is 14.1. The van der Waals surface area contributed by atoms with Crippen LogP contribution in [-0.4, -0.2) is 92.6 Å². The summed E-state index contributed by atoms with van der Waals surface area (Å²) in [6.07, 6.45) is -4.51. The highest BCUT2D eigenvalue weighted by Crippen LogP contribution is 2.28. The first kappa shape index (κ1) is 25.8. The molecule has 1 heterocycles. The van der Waals surface area contributed by atoms with Gasteiger partial charge in [-0.1, -0.05) is 0 Å². The lowest BCUT2D eigenvalue weighted by Gasteiger charge is -2.44. The predicted octanol–water partition coefficient (Wildman–Crippen LogP) is -1.33. The van der Waals surface area contributed by atoms with Gasteiger partial charge in [0.15, 0.2) is 18.5 Å². The molecule has 0 aromatic carbocycles. The van der Waals surface area contributed by atoms with Crippen LogP contribution in [0.3, 0.4) is 0 Å². The van der Waals surface area contributed by atoms with Crippen LogP contribution in [0.5, 0.6) is 0 Å². The van der Waals surface area contributed by atoms with E-state index in [0.717, 1.165) is 13.8 Å². The third-order valence-corrected chi connectivity index (χ3v) is 3.82. The molecule has 12 nitrogen and oxygen atoms in total. The Morgan fingerprint density at radius 3 is 2.07 bits per heavy atom. The standard InChI is InChI=1S/C18H29NO11/c1-10(21)19-15-17(29-13(4)24)16(28-12(3)23)14(9-27-11(2)22)30-18(15)26-8-7-25-6-5-20/h14-18,20H,5-9H2,1-4H3,(H,19,21). The van der Waals surface area contributed by atoms with Gasteiger partial charge in [0.05, 0.1) is 26.4 Å². The largest absolute Gasteiger partial charge is 0.463 e. The van der Waals surface area contributed by atoms with Crippen molar-refractivity contribution in [3.05, 3.63) is 0 Å². The van der Waals surface area contributed by atoms with Crippen LogP contribution in [0, 0.1) is 0 Å². The molecule has 0 radical (unpaired) electrons. The van der Waals surface area contributed by atoms with Crippen molar-refractivity contribution in [3.8, 4) is 0 Å². The van der Waals surface area contributed by atoms with Gasteiger partial charge in [-0.05, 0) is 0 Å². The fraction of sp³-hybridized carbons (Fsp3) is 0.778. The van der Waals surface area contributed by atoms with Crippen molar-refractivity contribution in [2.45, 2.75) is 58.3 Å². The van der Waals surface area contributed by atoms with Crippen LogP contribution in [0.2, 0.25) is 0 Å². The average molecular weight is 435 g/mol. The third-order valence-electron chi connectivity index (χ3n) is 3.82. The minimum Gasteiger partial charge on any atom is -0.463 e. The number of esters is 3. The fourth-order valence-corrected chi connectivity index (χ4v) is 2.82. The summed E-state index contributed by atoms with van der Waals surface area (Å²) in [6.45, 7) is 4.55. The molecule has 30 heavy (non-hydrogen) atoms. The molecule has 1 amide bonds. The summed E-state index contributed by atoms with van der Waals surface area (Å²) in [6, 6.07) is -1.03. The quantitative estimate of drug-likeness (QED) is 0.225. The first-order valence-corrected chi connectivity index (χ1v) is 9.36. The van der Waals surface area contributed by atoms with E-state index < -0.39 is 54.5 Å². The number of aliphatic hydroxyl groups excluding tert-OH is 1. The van der Waals surface area contributed by atoms with E-state index in [1.165, 1.54) is 13.8 Å². The topological polar surface area (TPSA) is 156 Å². The molecule has 0 bridgehead atoms. The molecule has 1 fully saturated rings. The van der Waals surface area contributed by atoms with Gasteiger partial charge in [-0.3, -0.25) is 19.2 Å². The van der Waals surface area contributed by atoms with Gasteiger partial charge < -0.3 is 38.8 Å². The summed E-state index contributed by atoms with van der Waals surface area (Å²) in [4.78, 5) is 46.3. The van der Waals surface area contributed by atoms with Crippen LogP contribution in [0.4, 0.5) is 0 Å². The van der Waals surface area contributed by atoms with Gasteiger partial charge in [0, 0.05) is 27.7 Å². The molecular formula is C18H29NO11. The van der Waals surface area contributed by atoms with E-state index in [1.54, 1.807) is 0 Å². The molecule has 12 heteroatoms. The maximum Gasteiger partial charge on any atom is 0.303 e. The number of rotatable bonds is 11. The van der Waals surface area contributed by atoms with E-state index in [0.29, 0.717) is 0 Å². The molecule has 0 spiro atoms. The zero-order valence-electron chi connectivity index (χ0n) is 17.5. The van der Waals surface area contributed by atoms with Gasteiger partial charge in [0.2, 0.25) is 5.91 Å². The molecule has 172 valence electrons. The molecule has 1 aliphatic heterocycles. The molecule has 0 aliphatic carbocycles. The second-order valence-corrected chi connectivity index (χ2v) is 6.43. The van der Waals surface area contributed by atoms with E-state index in [2.05, 4.69) is 5.32 Å². The molecule has 1 saturated heterocycles. The molecule has 1 aliphatic rings. The number of aliphatic hydroxyl groups is 1. The normalized spacial score (nSPS) is 25.8. The highest BCUT2D eigenvalue weighted by molar-refractivity contribution is 5.73. The number of carbonyl (C=O) groups is 4. The average Bonchev–Trinajstić information content (AvgIpc) is 2.63. The third kappa shape index (κ3) is 9.03. The Hall–Kier alpha value is -2.28. The summed E-state index contributed by atoms with van der Waals surface area (Å²) in [5.41, 5.74) is 0. The molecule has 5 unspecified atom stereocenters. The van der Waals surface area contributed by atoms with Crippen LogP contribution in [0.25, 0.3) is 0 Å². The van der Waals surface area contributed by atoms with Crippen molar-refractivity contribution >= 4 is 23.8 Å². The summed E-state index contributed by atoms with van der Waals surface area (Å²) < 4.78 is 32.1. The van der Waals surface area contributed by atoms with E-state index >= 15 is 0 Å². The van der Waals surface area contributed by atoms with Crippen LogP contribution in [0.1, 0.15) is 27.7 Å². The van der Waals surface area contributed by atoms with Crippen LogP contribution in [-0.2, 0) is 47.6 Å². The Morgan fingerprint density at radius 2 is 1.53 bits per heavy atom. The maximum absolute atomic E-state index is 11.7. The first-order valence-electron chi connectivity index (χ1n) is 9.36. The summed E-state index contributed by atoms with van der Waals surface area (Å²) in [7, 11) is 0. The summed E-state index contributed by atoms with van der Waals surface area (Å²) in [5, 5.41) is 11.3. The smallest absolute Gasteiger partial charge is 0.303 e. The molecule has 0 saturated carbocycles. The monoisotopic (exact) mass is 435 g/mol. The van der Waals surface area contributed by atoms with Gasteiger partial charge >= 0.3 is 17.9 Å². The molecule has 5 atom stereocenters. The van der Waals surface area contributed by atoms with Gasteiger partial charge in [-0.15, -0.1) is 0 Å². The van der Waals surface area contributed by atoms with Crippen LogP contribution >= 0.6 is 0 Å². The van der Waals surface area contributed by atoms with Gasteiger partial charge in [0.1, 0.15) is 18.8 Å². The van der Waals surface area contributed by atoms with Crippen molar-refractivity contribution in [2.75, 3.05) is 33.0 Å². The molecule has 1 rings (SSSR count). The van der Waals surface area contributed by atoms with Gasteiger partial charge in [-0.2, -0.15) is 0 Å². The number of ether oxygens (including phenoxy) is 6. The molecule has 0 aromatic rings. The Bertz CT molecular complexity index is 597. The number of carbonyl (C=O) groups excluding carboxylic acids is 4. The number of amides is 1. The summed E-state index contributed by atoms with van der Waals surface area (Å²) >= 11 is 0. The Kier molecular flexibility index (Phi) is 11.3. The molecular weight excluding hydrogens is 406 g/mol. The Balaban J connectivity index is 3.13. The number of hydrogen-bond donors (Lipinski definition) is 2. The lowest BCUT2D eigenvalue weighted by atomic mass is 9.96. The highest BCUT2D eigenvalue weighted by atomic mass is 16.7. The zero-order chi connectivity index (χ0) is 22.7. The number of hydrogen-bond acceptors (Lipinski definition) is 11. The number of nitrogens with one attached hydrogen (secondary N) is 1. The zero-order valence-corrected chi connectivity index (χ0v) is 17.5. The van der Waals surface area contributed by atoms with E-state index in [9.17, 15) is 19.2 Å². The lowest BCUT2D eigenvalue weighted by molar-refractivity contribution is -0.279. The van der Waals surface area contributed by atoms with Crippen LogP contribution in [0.15, 0.2) is 0 Å². The van der Waals surface area contributed by atoms with E-state index in [1.807, 2.05) is 0 Å². The van der Waals surface area contributed by atoms with E-state index in [4.69, 9.17) is 33.5 Å². The van der Waals surface area contributed by atoms with Crippen LogP contribution < -0.4 is 5.32 Å². The predicted molar refractivity (Wildman–Crippen MR) is 97.9 cm³/mol. The van der Waals surface area contributed by atoms with Crippen molar-refractivity contribution in [1.82, 2.24) is 5.32 Å². The minimum atomic E-state index is -1.17. The van der Waals surface area contributed by atoms with Crippen molar-refractivity contribution < 1.29 is 52.7 Å². The van der Waals surface area contributed by atoms with Crippen molar-refractivity contribution in [3.63, 3.8) is 0 Å². The Morgan fingerprint density at radius 1 is 0.900 bits per heavy atom. The molecule has 2 N–H and O–H groups in total. The summed E-state index contributed by atoms with van der Waals surface area (Å²) in [5.74, 6) is -2.44. The molecule has 0 aromatic heterocycles. The second-order valence-electron chi connectivity index (χ2n) is 6.43. The van der Waals surface area contributed by atoms with Crippen molar-refractivity contribution in [2.24, 2.45) is 0 Å². The maximum atomic E-state index is 11.7. The SMILES string of the molecule is CC(=O)NC1C(OCCOCCO)OC(COC(C)=O)C(OC(C)=O)C1OC(C)=O. The fourth-order valence-electron chi connectivity index (χ4n) is 2.82. The minimum absolute atomic E-state index is 0.0199. The van der Waals surface area contributed by atoms with Crippen molar-refractivity contribution in [1.29, 1.82) is 0 Å². The van der Waals surface area contributed by atoms with Gasteiger partial charge in [-0.25, -0.2) is 0 Å². The van der Waals surface area contributed by atoms with Gasteiger partial charge in [0.25, 0.3) is 0 Å². The second kappa shape index (κ2) is 13.1. The lowest BCUT2D eigenvalue weighted by Crippen LogP contribution is -2.66. The Labute approximate surface area is 174 Å².